The number of hydrogen-bond donors (Lipinski definition) is 2. The molecule has 0 radical (unpaired) electrons. The van der Waals surface area contributed by atoms with Crippen LogP contribution in [0.1, 0.15) is 28.8 Å². The van der Waals surface area contributed by atoms with Gasteiger partial charge in [-0.15, -0.1) is 10.2 Å². The lowest BCUT2D eigenvalue weighted by Gasteiger charge is -2.10. The quantitative estimate of drug-likeness (QED) is 0.587. The molecule has 2 N–H and O–H groups in total. The third kappa shape index (κ3) is 4.83. The van der Waals surface area contributed by atoms with Gasteiger partial charge in [0.1, 0.15) is 6.33 Å². The molecule has 0 unspecified atom stereocenters. The lowest BCUT2D eigenvalue weighted by Crippen LogP contribution is -2.25. The van der Waals surface area contributed by atoms with Gasteiger partial charge in [0.15, 0.2) is 5.16 Å². The van der Waals surface area contributed by atoms with Gasteiger partial charge in [-0.1, -0.05) is 36.0 Å². The van der Waals surface area contributed by atoms with E-state index < -0.39 is 0 Å². The first-order valence-corrected chi connectivity index (χ1v) is 10.4. The third-order valence-corrected chi connectivity index (χ3v) is 5.49. The van der Waals surface area contributed by atoms with Crippen LogP contribution in [0.2, 0.25) is 0 Å². The van der Waals surface area contributed by atoms with Crippen LogP contribution in [0.15, 0.2) is 60.0 Å². The molecular formula is C21H21N5O2S. The summed E-state index contributed by atoms with van der Waals surface area (Å²) < 4.78 is 1.87. The second-order valence-electron chi connectivity index (χ2n) is 6.94. The van der Waals surface area contributed by atoms with Crippen molar-refractivity contribution < 1.29 is 9.59 Å². The molecule has 1 heterocycles. The van der Waals surface area contributed by atoms with E-state index >= 15 is 0 Å². The first-order valence-electron chi connectivity index (χ1n) is 9.40. The van der Waals surface area contributed by atoms with E-state index in [1.165, 1.54) is 11.8 Å². The van der Waals surface area contributed by atoms with Gasteiger partial charge < -0.3 is 10.6 Å². The average Bonchev–Trinajstić information content (AvgIpc) is 3.41. The molecule has 8 heteroatoms. The summed E-state index contributed by atoms with van der Waals surface area (Å²) in [6.45, 7) is 2.02. The van der Waals surface area contributed by atoms with Crippen LogP contribution in [-0.4, -0.2) is 38.4 Å². The summed E-state index contributed by atoms with van der Waals surface area (Å²) in [5, 5.41) is 14.5. The molecule has 3 aromatic rings. The van der Waals surface area contributed by atoms with Crippen molar-refractivity contribution in [3.63, 3.8) is 0 Å². The summed E-state index contributed by atoms with van der Waals surface area (Å²) in [5.41, 5.74) is 3.22. The average molecular weight is 407 g/mol. The van der Waals surface area contributed by atoms with Crippen molar-refractivity contribution in [1.82, 2.24) is 20.1 Å². The van der Waals surface area contributed by atoms with Crippen molar-refractivity contribution in [2.24, 2.45) is 0 Å². The highest BCUT2D eigenvalue weighted by Crippen LogP contribution is 2.22. The monoisotopic (exact) mass is 407 g/mol. The van der Waals surface area contributed by atoms with E-state index in [1.807, 2.05) is 35.8 Å². The second-order valence-corrected chi connectivity index (χ2v) is 7.88. The van der Waals surface area contributed by atoms with Crippen LogP contribution >= 0.6 is 11.8 Å². The molecule has 1 aliphatic carbocycles. The van der Waals surface area contributed by atoms with Crippen LogP contribution < -0.4 is 10.6 Å². The Hall–Kier alpha value is -3.13. The van der Waals surface area contributed by atoms with E-state index in [4.69, 9.17) is 0 Å². The first kappa shape index (κ1) is 19.2. The molecule has 2 amide bonds. The summed E-state index contributed by atoms with van der Waals surface area (Å²) >= 11 is 1.31. The fourth-order valence-electron chi connectivity index (χ4n) is 2.88. The van der Waals surface area contributed by atoms with Crippen LogP contribution in [0.5, 0.6) is 0 Å². The van der Waals surface area contributed by atoms with Gasteiger partial charge in [-0.05, 0) is 49.6 Å². The number of hydrogen-bond acceptors (Lipinski definition) is 5. The van der Waals surface area contributed by atoms with Crippen molar-refractivity contribution >= 4 is 29.3 Å². The van der Waals surface area contributed by atoms with Gasteiger partial charge in [0, 0.05) is 17.3 Å². The number of carbonyl (C=O) groups excluding carboxylic acids is 2. The Morgan fingerprint density at radius 1 is 1.17 bits per heavy atom. The molecular weight excluding hydrogens is 386 g/mol. The standard InChI is InChI=1S/C21H21N5O2S/c1-14-5-2-3-8-18(14)26-13-22-25-21(26)29-12-19(27)23-17-7-4-6-15(11-17)20(28)24-16-9-10-16/h2-8,11,13,16H,9-10,12H2,1H3,(H,23,27)(H,24,28). The molecule has 1 aromatic heterocycles. The highest BCUT2D eigenvalue weighted by molar-refractivity contribution is 7.99. The summed E-state index contributed by atoms with van der Waals surface area (Å²) in [7, 11) is 0. The number of amides is 2. The number of rotatable bonds is 7. The minimum absolute atomic E-state index is 0.107. The molecule has 1 saturated carbocycles. The van der Waals surface area contributed by atoms with E-state index in [1.54, 1.807) is 30.6 Å². The Balaban J connectivity index is 1.37. The summed E-state index contributed by atoms with van der Waals surface area (Å²) in [6, 6.07) is 15.2. The van der Waals surface area contributed by atoms with Gasteiger partial charge >= 0.3 is 0 Å². The topological polar surface area (TPSA) is 88.9 Å². The number of para-hydroxylation sites is 1. The van der Waals surface area contributed by atoms with Gasteiger partial charge in [0.05, 0.1) is 11.4 Å². The fourth-order valence-corrected chi connectivity index (χ4v) is 3.61. The number of nitrogens with one attached hydrogen (secondary N) is 2. The highest BCUT2D eigenvalue weighted by Gasteiger charge is 2.23. The minimum atomic E-state index is -0.172. The largest absolute Gasteiger partial charge is 0.349 e. The van der Waals surface area contributed by atoms with Gasteiger partial charge in [-0.2, -0.15) is 0 Å². The smallest absolute Gasteiger partial charge is 0.251 e. The molecule has 148 valence electrons. The summed E-state index contributed by atoms with van der Waals surface area (Å²) in [4.78, 5) is 24.6. The third-order valence-electron chi connectivity index (χ3n) is 4.54. The summed E-state index contributed by atoms with van der Waals surface area (Å²) in [5.74, 6) is -0.0957. The zero-order valence-electron chi connectivity index (χ0n) is 16.0. The maximum atomic E-state index is 12.4. The maximum Gasteiger partial charge on any atom is 0.251 e. The summed E-state index contributed by atoms with van der Waals surface area (Å²) in [6.07, 6.45) is 3.71. The number of carbonyl (C=O) groups is 2. The van der Waals surface area contributed by atoms with Gasteiger partial charge in [-0.25, -0.2) is 0 Å². The zero-order chi connectivity index (χ0) is 20.2. The van der Waals surface area contributed by atoms with Gasteiger partial charge in [-0.3, -0.25) is 14.2 Å². The van der Waals surface area contributed by atoms with Crippen LogP contribution in [-0.2, 0) is 4.79 Å². The number of nitrogens with zero attached hydrogens (tertiary/aromatic N) is 3. The molecule has 0 saturated heterocycles. The van der Waals surface area contributed by atoms with E-state index in [0.717, 1.165) is 24.1 Å². The normalized spacial score (nSPS) is 13.1. The van der Waals surface area contributed by atoms with Crippen molar-refractivity contribution in [2.75, 3.05) is 11.1 Å². The lowest BCUT2D eigenvalue weighted by atomic mass is 10.2. The van der Waals surface area contributed by atoms with E-state index in [2.05, 4.69) is 20.8 Å². The Morgan fingerprint density at radius 2 is 2.00 bits per heavy atom. The zero-order valence-corrected chi connectivity index (χ0v) is 16.8. The van der Waals surface area contributed by atoms with Crippen LogP contribution in [0, 0.1) is 6.92 Å². The van der Waals surface area contributed by atoms with E-state index in [0.29, 0.717) is 22.4 Å². The number of aryl methyl sites for hydroxylation is 1. The Morgan fingerprint density at radius 3 is 2.79 bits per heavy atom. The SMILES string of the molecule is Cc1ccccc1-n1cnnc1SCC(=O)Nc1cccc(C(=O)NC2CC2)c1. The van der Waals surface area contributed by atoms with Crippen molar-refractivity contribution in [3.05, 3.63) is 66.0 Å². The molecule has 1 fully saturated rings. The van der Waals surface area contributed by atoms with E-state index in [9.17, 15) is 9.59 Å². The van der Waals surface area contributed by atoms with Gasteiger partial charge in [0.2, 0.25) is 5.91 Å². The lowest BCUT2D eigenvalue weighted by molar-refractivity contribution is -0.113. The number of thioether (sulfide) groups is 1. The predicted octanol–water partition coefficient (Wildman–Crippen LogP) is 3.20. The Labute approximate surface area is 172 Å². The molecule has 0 aliphatic heterocycles. The molecule has 0 spiro atoms. The molecule has 2 aromatic carbocycles. The number of aromatic nitrogens is 3. The van der Waals surface area contributed by atoms with Crippen LogP contribution in [0.3, 0.4) is 0 Å². The Kier molecular flexibility index (Phi) is 5.62. The second kappa shape index (κ2) is 8.48. The van der Waals surface area contributed by atoms with Crippen molar-refractivity contribution in [2.45, 2.75) is 31.0 Å². The minimum Gasteiger partial charge on any atom is -0.349 e. The van der Waals surface area contributed by atoms with Crippen molar-refractivity contribution in [1.29, 1.82) is 0 Å². The molecule has 0 atom stereocenters. The number of anilines is 1. The Bertz CT molecular complexity index is 1040. The fraction of sp³-hybridized carbons (Fsp3) is 0.238. The molecule has 0 bridgehead atoms. The van der Waals surface area contributed by atoms with E-state index in [-0.39, 0.29) is 17.6 Å². The molecule has 1 aliphatic rings. The van der Waals surface area contributed by atoms with Gasteiger partial charge in [0.25, 0.3) is 5.91 Å². The maximum absolute atomic E-state index is 12.4. The molecule has 4 rings (SSSR count). The number of benzene rings is 2. The molecule has 7 nitrogen and oxygen atoms in total. The predicted molar refractivity (Wildman–Crippen MR) is 112 cm³/mol. The van der Waals surface area contributed by atoms with Crippen LogP contribution in [0.25, 0.3) is 5.69 Å². The van der Waals surface area contributed by atoms with Crippen LogP contribution in [0.4, 0.5) is 5.69 Å². The van der Waals surface area contributed by atoms with Crippen molar-refractivity contribution in [3.8, 4) is 5.69 Å². The first-order chi connectivity index (χ1) is 14.1. The highest BCUT2D eigenvalue weighted by atomic mass is 32.2. The molecule has 29 heavy (non-hydrogen) atoms.